The molecule has 1 heterocycles. The normalized spacial score (nSPS) is 10.5. The first-order valence-corrected chi connectivity index (χ1v) is 7.14. The van der Waals surface area contributed by atoms with Crippen molar-refractivity contribution in [3.63, 3.8) is 0 Å². The summed E-state index contributed by atoms with van der Waals surface area (Å²) in [4.78, 5) is 27.5. The van der Waals surface area contributed by atoms with Crippen molar-refractivity contribution in [2.24, 2.45) is 7.05 Å². The number of rotatable bonds is 6. The van der Waals surface area contributed by atoms with E-state index in [1.807, 2.05) is 13.8 Å². The molecular weight excluding hydrogens is 270 g/mol. The Balaban J connectivity index is 3.06. The largest absolute Gasteiger partial charge is 0.395 e. The van der Waals surface area contributed by atoms with Gasteiger partial charge in [-0.15, -0.1) is 0 Å². The van der Waals surface area contributed by atoms with Gasteiger partial charge < -0.3 is 15.5 Å². The zero-order valence-corrected chi connectivity index (χ0v) is 13.5. The third-order valence-electron chi connectivity index (χ3n) is 3.30. The first-order chi connectivity index (χ1) is 9.83. The lowest BCUT2D eigenvalue weighted by molar-refractivity contribution is -0.129. The molecule has 0 aliphatic heterocycles. The standard InChI is InChI=1S/C14H25N5O2/c1-6-8-19(9-11(20)17(3)4)14(21)13-12(15)10(7-2)16-18(13)5/h6-9,15H2,1-5H3. The molecule has 7 nitrogen and oxygen atoms in total. The Hall–Kier alpha value is -2.05. The van der Waals surface area contributed by atoms with Gasteiger partial charge >= 0.3 is 0 Å². The molecule has 0 aliphatic carbocycles. The van der Waals surface area contributed by atoms with Crippen molar-refractivity contribution in [1.29, 1.82) is 0 Å². The summed E-state index contributed by atoms with van der Waals surface area (Å²) in [5, 5.41) is 4.26. The van der Waals surface area contributed by atoms with E-state index in [4.69, 9.17) is 5.73 Å². The van der Waals surface area contributed by atoms with Crippen molar-refractivity contribution >= 4 is 17.5 Å². The molecular formula is C14H25N5O2. The lowest BCUT2D eigenvalue weighted by Gasteiger charge is -2.23. The Morgan fingerprint density at radius 1 is 1.29 bits per heavy atom. The van der Waals surface area contributed by atoms with Crippen LogP contribution in [0.15, 0.2) is 0 Å². The Kier molecular flexibility index (Phi) is 5.75. The summed E-state index contributed by atoms with van der Waals surface area (Å²) in [7, 11) is 5.04. The lowest BCUT2D eigenvalue weighted by atomic mass is 10.2. The predicted molar refractivity (Wildman–Crippen MR) is 81.9 cm³/mol. The van der Waals surface area contributed by atoms with Gasteiger partial charge in [-0.25, -0.2) is 0 Å². The molecule has 0 saturated heterocycles. The third kappa shape index (κ3) is 3.74. The number of amides is 2. The highest BCUT2D eigenvalue weighted by Crippen LogP contribution is 2.19. The van der Waals surface area contributed by atoms with Gasteiger partial charge in [0.1, 0.15) is 12.2 Å². The van der Waals surface area contributed by atoms with Gasteiger partial charge in [-0.3, -0.25) is 14.3 Å². The topological polar surface area (TPSA) is 84.5 Å². The third-order valence-corrected chi connectivity index (χ3v) is 3.30. The summed E-state index contributed by atoms with van der Waals surface area (Å²) < 4.78 is 1.50. The average molecular weight is 295 g/mol. The molecule has 0 radical (unpaired) electrons. The molecule has 21 heavy (non-hydrogen) atoms. The van der Waals surface area contributed by atoms with Gasteiger partial charge in [-0.1, -0.05) is 13.8 Å². The second kappa shape index (κ2) is 7.10. The maximum atomic E-state index is 12.7. The Labute approximate surface area is 125 Å². The minimum absolute atomic E-state index is 0.0474. The molecule has 0 spiro atoms. The van der Waals surface area contributed by atoms with E-state index in [0.717, 1.165) is 6.42 Å². The molecule has 1 aromatic heterocycles. The number of aryl methyl sites for hydroxylation is 2. The fourth-order valence-corrected chi connectivity index (χ4v) is 2.09. The van der Waals surface area contributed by atoms with Crippen molar-refractivity contribution in [3.05, 3.63) is 11.4 Å². The maximum Gasteiger partial charge on any atom is 0.274 e. The van der Waals surface area contributed by atoms with Crippen LogP contribution in [0.2, 0.25) is 0 Å². The quantitative estimate of drug-likeness (QED) is 0.828. The van der Waals surface area contributed by atoms with Crippen LogP contribution < -0.4 is 5.73 Å². The van der Waals surface area contributed by atoms with Crippen LogP contribution in [0.1, 0.15) is 36.5 Å². The molecule has 0 saturated carbocycles. The molecule has 1 aromatic rings. The smallest absolute Gasteiger partial charge is 0.274 e. The highest BCUT2D eigenvalue weighted by atomic mass is 16.2. The van der Waals surface area contributed by atoms with E-state index in [1.54, 1.807) is 21.1 Å². The number of nitrogens with zero attached hydrogens (tertiary/aromatic N) is 4. The Bertz CT molecular complexity index is 522. The highest BCUT2D eigenvalue weighted by Gasteiger charge is 2.25. The molecule has 0 bridgehead atoms. The first-order valence-electron chi connectivity index (χ1n) is 7.14. The molecule has 0 unspecified atom stereocenters. The molecule has 7 heteroatoms. The van der Waals surface area contributed by atoms with Crippen molar-refractivity contribution in [1.82, 2.24) is 19.6 Å². The fourth-order valence-electron chi connectivity index (χ4n) is 2.09. The van der Waals surface area contributed by atoms with Gasteiger partial charge in [0.25, 0.3) is 5.91 Å². The number of hydrogen-bond acceptors (Lipinski definition) is 4. The molecule has 0 atom stereocenters. The zero-order chi connectivity index (χ0) is 16.2. The van der Waals surface area contributed by atoms with Gasteiger partial charge in [-0.05, 0) is 12.8 Å². The number of nitrogens with two attached hydrogens (primary N) is 1. The number of nitrogen functional groups attached to an aromatic ring is 1. The zero-order valence-electron chi connectivity index (χ0n) is 13.5. The summed E-state index contributed by atoms with van der Waals surface area (Å²) in [6, 6.07) is 0. The second-order valence-corrected chi connectivity index (χ2v) is 5.20. The molecule has 0 fully saturated rings. The van der Waals surface area contributed by atoms with Gasteiger partial charge in [-0.2, -0.15) is 5.10 Å². The van der Waals surface area contributed by atoms with Crippen LogP contribution in [-0.2, 0) is 18.3 Å². The van der Waals surface area contributed by atoms with Gasteiger partial charge in [0.2, 0.25) is 5.91 Å². The monoisotopic (exact) mass is 295 g/mol. The molecule has 1 rings (SSSR count). The molecule has 0 aromatic carbocycles. The van der Waals surface area contributed by atoms with E-state index in [9.17, 15) is 9.59 Å². The van der Waals surface area contributed by atoms with E-state index >= 15 is 0 Å². The summed E-state index contributed by atoms with van der Waals surface area (Å²) >= 11 is 0. The van der Waals surface area contributed by atoms with E-state index in [-0.39, 0.29) is 18.4 Å². The van der Waals surface area contributed by atoms with E-state index in [0.29, 0.717) is 30.0 Å². The van der Waals surface area contributed by atoms with Gasteiger partial charge in [0.15, 0.2) is 0 Å². The molecule has 118 valence electrons. The van der Waals surface area contributed by atoms with Crippen molar-refractivity contribution in [3.8, 4) is 0 Å². The van der Waals surface area contributed by atoms with Crippen LogP contribution in [-0.4, -0.2) is 58.6 Å². The Morgan fingerprint density at radius 3 is 2.33 bits per heavy atom. The van der Waals surface area contributed by atoms with E-state index in [2.05, 4.69) is 5.10 Å². The predicted octanol–water partition coefficient (Wildman–Crippen LogP) is 0.505. The summed E-state index contributed by atoms with van der Waals surface area (Å²) in [6.07, 6.45) is 1.43. The van der Waals surface area contributed by atoms with E-state index in [1.165, 1.54) is 14.5 Å². The van der Waals surface area contributed by atoms with Crippen LogP contribution >= 0.6 is 0 Å². The van der Waals surface area contributed by atoms with Crippen molar-refractivity contribution in [2.75, 3.05) is 32.9 Å². The maximum absolute atomic E-state index is 12.7. The second-order valence-electron chi connectivity index (χ2n) is 5.20. The number of likely N-dealkylation sites (N-methyl/N-ethyl adjacent to an activating group) is 1. The number of carbonyl (C=O) groups excluding carboxylic acids is 2. The van der Waals surface area contributed by atoms with Crippen molar-refractivity contribution < 1.29 is 9.59 Å². The highest BCUT2D eigenvalue weighted by molar-refractivity contribution is 5.99. The SMILES string of the molecule is CCCN(CC(=O)N(C)C)C(=O)c1c(N)c(CC)nn1C. The van der Waals surface area contributed by atoms with Crippen LogP contribution in [0, 0.1) is 0 Å². The minimum Gasteiger partial charge on any atom is -0.395 e. The van der Waals surface area contributed by atoms with Crippen molar-refractivity contribution in [2.45, 2.75) is 26.7 Å². The molecule has 0 aliphatic rings. The summed E-state index contributed by atoms with van der Waals surface area (Å²) in [5.74, 6) is -0.368. The number of hydrogen-bond donors (Lipinski definition) is 1. The minimum atomic E-state index is -0.251. The number of carbonyl (C=O) groups is 2. The lowest BCUT2D eigenvalue weighted by Crippen LogP contribution is -2.41. The fraction of sp³-hybridized carbons (Fsp3) is 0.643. The van der Waals surface area contributed by atoms with Crippen LogP contribution in [0.25, 0.3) is 0 Å². The van der Waals surface area contributed by atoms with E-state index < -0.39 is 0 Å². The Morgan fingerprint density at radius 2 is 1.90 bits per heavy atom. The van der Waals surface area contributed by atoms with Crippen LogP contribution in [0.5, 0.6) is 0 Å². The van der Waals surface area contributed by atoms with Crippen LogP contribution in [0.3, 0.4) is 0 Å². The summed E-state index contributed by atoms with van der Waals surface area (Å²) in [6.45, 7) is 4.45. The summed E-state index contributed by atoms with van der Waals surface area (Å²) in [5.41, 5.74) is 7.48. The number of aromatic nitrogens is 2. The molecule has 2 amide bonds. The number of anilines is 1. The van der Waals surface area contributed by atoms with Gasteiger partial charge in [0.05, 0.1) is 11.4 Å². The first kappa shape index (κ1) is 17.0. The molecule has 2 N–H and O–H groups in total. The van der Waals surface area contributed by atoms with Crippen LogP contribution in [0.4, 0.5) is 5.69 Å². The average Bonchev–Trinajstić information content (AvgIpc) is 2.71. The van der Waals surface area contributed by atoms with Gasteiger partial charge in [0, 0.05) is 27.7 Å².